The van der Waals surface area contributed by atoms with Gasteiger partial charge in [0.15, 0.2) is 0 Å². The van der Waals surface area contributed by atoms with Crippen LogP contribution < -0.4 is 22.6 Å². The normalized spacial score (nSPS) is 6.50. The number of halogens is 1. The number of nitrogens with one attached hydrogen (secondary N) is 4. The van der Waals surface area contributed by atoms with Gasteiger partial charge in [0.2, 0.25) is 0 Å². The second-order valence-electron chi connectivity index (χ2n) is 1.57. The third-order valence-corrected chi connectivity index (χ3v) is 0.417. The number of hydrogen-bond acceptors (Lipinski definition) is 4. The van der Waals surface area contributed by atoms with Crippen molar-refractivity contribution in [1.82, 2.24) is 0 Å². The molecule has 100 valence electrons. The quantitative estimate of drug-likeness (QED) is 0.468. The molecule has 0 heterocycles. The minimum absolute atomic E-state index is 0. The largest absolute Gasteiger partial charge is 3.00 e. The smallest absolute Gasteiger partial charge is 1.00 e. The first-order valence-electron chi connectivity index (χ1n) is 3.48. The zero-order valence-electron chi connectivity index (χ0n) is 8.17. The van der Waals surface area contributed by atoms with Crippen molar-refractivity contribution >= 4 is 11.9 Å². The second kappa shape index (κ2) is 29.3. The van der Waals surface area contributed by atoms with Crippen LogP contribution in [0.5, 0.6) is 0 Å². The van der Waals surface area contributed by atoms with Crippen molar-refractivity contribution in [2.24, 2.45) is 0 Å². The first-order chi connectivity index (χ1) is 6.47. The molecule has 0 aromatic rings. The Hall–Kier alpha value is -0.424. The Balaban J connectivity index is -0.0000000367. The van der Waals surface area contributed by atoms with Gasteiger partial charge in [-0.3, -0.25) is 0 Å². The van der Waals surface area contributed by atoms with E-state index in [0.717, 1.165) is 0 Å². The molecule has 0 radical (unpaired) electrons. The molecule has 0 aliphatic rings. The van der Waals surface area contributed by atoms with Crippen LogP contribution in [-0.4, -0.2) is 38.1 Å². The van der Waals surface area contributed by atoms with Gasteiger partial charge in [-0.15, -0.1) is 0 Å². The standard InChI is InChI=1S/2C2H6N2.C2H2O4.ClH.Co/c2*3-1-2-4;3-1(4)2(5)6;;/h2*3-4H,1-2H2;(H,3,4)(H,5,6);1H;/q2*-2;;;+3/p-3. The number of rotatable bonds is 2. The molecule has 0 rings (SSSR count). The van der Waals surface area contributed by atoms with Crippen molar-refractivity contribution in [2.45, 2.75) is 0 Å². The van der Waals surface area contributed by atoms with Gasteiger partial charge >= 0.3 is 16.8 Å². The molecule has 10 heteroatoms. The van der Waals surface area contributed by atoms with Crippen molar-refractivity contribution in [2.75, 3.05) is 26.2 Å². The van der Waals surface area contributed by atoms with E-state index in [9.17, 15) is 0 Å². The molecule has 0 aliphatic heterocycles. The van der Waals surface area contributed by atoms with Gasteiger partial charge in [0.05, 0.1) is 11.9 Å². The maximum atomic E-state index is 8.93. The molecule has 8 nitrogen and oxygen atoms in total. The van der Waals surface area contributed by atoms with E-state index in [1.807, 2.05) is 0 Å². The Morgan fingerprint density at radius 3 is 0.875 bits per heavy atom. The van der Waals surface area contributed by atoms with Gasteiger partial charge in [-0.05, 0) is 0 Å². The van der Waals surface area contributed by atoms with E-state index in [1.54, 1.807) is 0 Å². The first kappa shape index (κ1) is 29.6. The Kier molecular flexibility index (Phi) is 54.2. The molecular weight excluding hydrogens is 286 g/mol. The maximum Gasteiger partial charge on any atom is 3.00 e. The minimum Gasteiger partial charge on any atom is -1.00 e. The minimum atomic E-state index is -2.19. The fourth-order valence-corrected chi connectivity index (χ4v) is 0. The maximum absolute atomic E-state index is 8.93. The molecular formula is C6H12ClCoN4O4-4. The van der Waals surface area contributed by atoms with Crippen LogP contribution in [0.2, 0.25) is 0 Å². The fourth-order valence-electron chi connectivity index (χ4n) is 0. The Bertz CT molecular complexity index is 132. The van der Waals surface area contributed by atoms with E-state index >= 15 is 0 Å². The summed E-state index contributed by atoms with van der Waals surface area (Å²) in [6, 6.07) is 0. The fraction of sp³-hybridized carbons (Fsp3) is 0.667. The van der Waals surface area contributed by atoms with Crippen LogP contribution in [0, 0.1) is 0 Å². The summed E-state index contributed by atoms with van der Waals surface area (Å²) in [7, 11) is 0. The van der Waals surface area contributed by atoms with Crippen molar-refractivity contribution in [3.8, 4) is 0 Å². The Morgan fingerprint density at radius 2 is 0.875 bits per heavy atom. The number of carbonyl (C=O) groups excluding carboxylic acids is 2. The zero-order valence-corrected chi connectivity index (χ0v) is 9.97. The first-order valence-corrected chi connectivity index (χ1v) is 3.48. The predicted octanol–water partition coefficient (Wildman–Crippen LogP) is -4.33. The van der Waals surface area contributed by atoms with Gasteiger partial charge < -0.3 is 55.1 Å². The van der Waals surface area contributed by atoms with Crippen LogP contribution in [0.4, 0.5) is 0 Å². The third-order valence-electron chi connectivity index (χ3n) is 0.417. The Labute approximate surface area is 110 Å². The van der Waals surface area contributed by atoms with Crippen LogP contribution in [0.15, 0.2) is 0 Å². The van der Waals surface area contributed by atoms with Crippen LogP contribution in [0.25, 0.3) is 22.9 Å². The number of hydrogen-bond donors (Lipinski definition) is 0. The van der Waals surface area contributed by atoms with E-state index < -0.39 is 11.9 Å². The average molecular weight is 299 g/mol. The molecule has 0 fully saturated rings. The molecule has 0 aliphatic carbocycles. The van der Waals surface area contributed by atoms with E-state index in [0.29, 0.717) is 0 Å². The molecule has 0 saturated heterocycles. The summed E-state index contributed by atoms with van der Waals surface area (Å²) in [6.45, 7) is 0.944. The van der Waals surface area contributed by atoms with Gasteiger partial charge in [-0.2, -0.15) is 26.2 Å². The summed E-state index contributed by atoms with van der Waals surface area (Å²) >= 11 is 0. The molecule has 4 N–H and O–H groups in total. The number of carboxylic acid groups (broad SMARTS) is 2. The van der Waals surface area contributed by atoms with Crippen LogP contribution >= 0.6 is 0 Å². The summed E-state index contributed by atoms with van der Waals surface area (Å²) in [4.78, 5) is 17.9. The van der Waals surface area contributed by atoms with Crippen molar-refractivity contribution in [3.05, 3.63) is 22.9 Å². The molecule has 0 aromatic carbocycles. The number of aliphatic carboxylic acids is 2. The van der Waals surface area contributed by atoms with E-state index in [-0.39, 0.29) is 55.4 Å². The summed E-state index contributed by atoms with van der Waals surface area (Å²) in [5, 5.41) is 17.9. The molecule has 0 aromatic heterocycles. The van der Waals surface area contributed by atoms with Gasteiger partial charge in [-0.1, -0.05) is 0 Å². The molecule has 16 heavy (non-hydrogen) atoms. The molecule has 0 saturated carbocycles. The zero-order chi connectivity index (χ0) is 12.0. The average Bonchev–Trinajstić information content (AvgIpc) is 2.18. The third kappa shape index (κ3) is 69.1. The van der Waals surface area contributed by atoms with Crippen LogP contribution in [0.1, 0.15) is 0 Å². The summed E-state index contributed by atoms with van der Waals surface area (Å²) in [5.41, 5.74) is 25.1. The Morgan fingerprint density at radius 1 is 0.750 bits per heavy atom. The molecule has 0 unspecified atom stereocenters. The van der Waals surface area contributed by atoms with E-state index in [2.05, 4.69) is 0 Å². The summed E-state index contributed by atoms with van der Waals surface area (Å²) < 4.78 is 0. The van der Waals surface area contributed by atoms with Crippen molar-refractivity contribution < 1.29 is 49.0 Å². The summed E-state index contributed by atoms with van der Waals surface area (Å²) in [5.74, 6) is -4.37. The number of carboxylic acids is 2. The number of carbonyl (C=O) groups is 2. The molecule has 0 amide bonds. The van der Waals surface area contributed by atoms with Gasteiger partial charge in [0, 0.05) is 0 Å². The van der Waals surface area contributed by atoms with Crippen molar-refractivity contribution in [3.63, 3.8) is 0 Å². The van der Waals surface area contributed by atoms with Gasteiger partial charge in [-0.25, -0.2) is 0 Å². The summed E-state index contributed by atoms with van der Waals surface area (Å²) in [6.07, 6.45) is 0. The van der Waals surface area contributed by atoms with Crippen LogP contribution in [-0.2, 0) is 26.4 Å². The van der Waals surface area contributed by atoms with E-state index in [1.165, 1.54) is 0 Å². The van der Waals surface area contributed by atoms with Gasteiger partial charge in [0.1, 0.15) is 0 Å². The van der Waals surface area contributed by atoms with Crippen molar-refractivity contribution in [1.29, 1.82) is 0 Å². The van der Waals surface area contributed by atoms with Crippen LogP contribution in [0.3, 0.4) is 0 Å². The van der Waals surface area contributed by atoms with E-state index in [4.69, 9.17) is 42.7 Å². The second-order valence-corrected chi connectivity index (χ2v) is 1.57. The van der Waals surface area contributed by atoms with Gasteiger partial charge in [0.25, 0.3) is 0 Å². The SMILES string of the molecule is O=C([O-])C(=O)[O-].[Cl-].[Co+3].[NH-]CC[NH-].[NH-]CC[NH-]. The monoisotopic (exact) mass is 298 g/mol. The molecule has 0 bridgehead atoms. The predicted molar refractivity (Wildman–Crippen MR) is 46.8 cm³/mol. The topological polar surface area (TPSA) is 175 Å². The molecule has 0 spiro atoms. The molecule has 0 atom stereocenters.